The fourth-order valence-electron chi connectivity index (χ4n) is 2.05. The van der Waals surface area contributed by atoms with Gasteiger partial charge in [-0.2, -0.15) is 0 Å². The molecule has 6 nitrogen and oxygen atoms in total. The van der Waals surface area contributed by atoms with E-state index in [0.29, 0.717) is 12.1 Å². The lowest BCUT2D eigenvalue weighted by molar-refractivity contribution is -0.695. The van der Waals surface area contributed by atoms with Crippen LogP contribution in [0.25, 0.3) is 22.2 Å². The summed E-state index contributed by atoms with van der Waals surface area (Å²) in [5.41, 5.74) is 3.35. The van der Waals surface area contributed by atoms with Crippen LogP contribution in [-0.4, -0.2) is 21.4 Å². The number of fused-ring (bicyclic) bond motifs is 1. The third kappa shape index (κ3) is 2.35. The average Bonchev–Trinajstić information content (AvgIpc) is 2.94. The molecule has 0 unspecified atom stereocenters. The van der Waals surface area contributed by atoms with Gasteiger partial charge in [-0.3, -0.25) is 4.79 Å². The van der Waals surface area contributed by atoms with Gasteiger partial charge in [-0.05, 0) is 21.9 Å². The number of nitrogens with zero attached hydrogens (tertiary/aromatic N) is 3. The van der Waals surface area contributed by atoms with Crippen molar-refractivity contribution < 1.29 is 19.1 Å². The van der Waals surface area contributed by atoms with Crippen LogP contribution in [-0.2, 0) is 11.3 Å². The van der Waals surface area contributed by atoms with E-state index in [1.165, 1.54) is 0 Å². The van der Waals surface area contributed by atoms with Gasteiger partial charge in [-0.1, -0.05) is 12.1 Å². The van der Waals surface area contributed by atoms with Gasteiger partial charge in [0.05, 0.1) is 0 Å². The quantitative estimate of drug-likeness (QED) is 0.729. The first-order chi connectivity index (χ1) is 9.74. The molecule has 0 radical (unpaired) electrons. The highest BCUT2D eigenvalue weighted by molar-refractivity contribution is 5.90. The van der Waals surface area contributed by atoms with E-state index in [4.69, 9.17) is 9.74 Å². The lowest BCUT2D eigenvalue weighted by Gasteiger charge is -2.00. The molecular weight excluding hydrogens is 258 g/mol. The maximum atomic E-state index is 10.5. The number of aryl methyl sites for hydroxylation is 1. The van der Waals surface area contributed by atoms with E-state index in [9.17, 15) is 4.79 Å². The van der Waals surface area contributed by atoms with Gasteiger partial charge in [0.1, 0.15) is 17.5 Å². The number of carbonyl (C=O) groups is 1. The van der Waals surface area contributed by atoms with E-state index < -0.39 is 5.97 Å². The minimum absolute atomic E-state index is 0.104. The Balaban J connectivity index is 1.91. The number of aliphatic carboxylic acids is 1. The van der Waals surface area contributed by atoms with Gasteiger partial charge in [0.2, 0.25) is 0 Å². The molecule has 0 atom stereocenters. The van der Waals surface area contributed by atoms with Crippen LogP contribution in [0.5, 0.6) is 0 Å². The first-order valence-corrected chi connectivity index (χ1v) is 6.16. The van der Waals surface area contributed by atoms with E-state index in [0.717, 1.165) is 16.6 Å². The maximum Gasteiger partial charge on any atom is 0.309 e. The lowest BCUT2D eigenvalue weighted by atomic mass is 10.1. The second kappa shape index (κ2) is 5.08. The van der Waals surface area contributed by atoms with E-state index in [2.05, 4.69) is 10.3 Å². The zero-order chi connectivity index (χ0) is 13.9. The van der Waals surface area contributed by atoms with Crippen LogP contribution in [0.3, 0.4) is 0 Å². The summed E-state index contributed by atoms with van der Waals surface area (Å²) in [6, 6.07) is 9.53. The lowest BCUT2D eigenvalue weighted by Crippen LogP contribution is -2.33. The van der Waals surface area contributed by atoms with Crippen LogP contribution in [0, 0.1) is 0 Å². The van der Waals surface area contributed by atoms with Crippen molar-refractivity contribution in [2.75, 3.05) is 0 Å². The van der Waals surface area contributed by atoms with E-state index >= 15 is 0 Å². The Kier molecular flexibility index (Phi) is 3.12. The number of pyridine rings is 1. The molecule has 0 fully saturated rings. The molecule has 3 rings (SSSR count). The Hall–Kier alpha value is -2.76. The smallest absolute Gasteiger partial charge is 0.309 e. The molecule has 0 bridgehead atoms. The van der Waals surface area contributed by atoms with Crippen LogP contribution < -0.4 is 4.57 Å². The molecule has 0 saturated carbocycles. The van der Waals surface area contributed by atoms with Gasteiger partial charge < -0.3 is 5.11 Å². The largest absolute Gasteiger partial charge is 0.481 e. The van der Waals surface area contributed by atoms with Crippen molar-refractivity contribution in [3.63, 3.8) is 0 Å². The van der Waals surface area contributed by atoms with Gasteiger partial charge in [0.15, 0.2) is 18.9 Å². The van der Waals surface area contributed by atoms with Crippen LogP contribution in [0.2, 0.25) is 0 Å². The molecular formula is C14H12N3O3+. The third-order valence-corrected chi connectivity index (χ3v) is 3.07. The number of carboxylic acids is 1. The first-order valence-electron chi connectivity index (χ1n) is 6.16. The predicted molar refractivity (Wildman–Crippen MR) is 69.7 cm³/mol. The standard InChI is InChI=1S/C14H11N3O3/c18-13(19)6-9-17-7-4-10(5-8-17)11-2-1-3-12-14(11)16-20-15-12/h1-5,7-8H,6,9H2/p+1. The van der Waals surface area contributed by atoms with Crippen molar-refractivity contribution in [1.29, 1.82) is 0 Å². The summed E-state index contributed by atoms with van der Waals surface area (Å²) in [6.07, 6.45) is 3.81. The monoisotopic (exact) mass is 270 g/mol. The Labute approximate surface area is 114 Å². The molecule has 100 valence electrons. The first kappa shape index (κ1) is 12.3. The Morgan fingerprint density at radius 2 is 2.00 bits per heavy atom. The summed E-state index contributed by atoms with van der Waals surface area (Å²) >= 11 is 0. The molecule has 0 saturated heterocycles. The van der Waals surface area contributed by atoms with Crippen molar-refractivity contribution in [3.8, 4) is 11.1 Å². The van der Waals surface area contributed by atoms with E-state index in [1.807, 2.05) is 47.3 Å². The van der Waals surface area contributed by atoms with Gasteiger partial charge in [0.25, 0.3) is 0 Å². The molecule has 2 heterocycles. The summed E-state index contributed by atoms with van der Waals surface area (Å²) in [7, 11) is 0. The van der Waals surface area contributed by atoms with Gasteiger partial charge in [-0.25, -0.2) is 9.20 Å². The fraction of sp³-hybridized carbons (Fsp3) is 0.143. The van der Waals surface area contributed by atoms with Crippen LogP contribution in [0.15, 0.2) is 47.4 Å². The maximum absolute atomic E-state index is 10.5. The summed E-state index contributed by atoms with van der Waals surface area (Å²) in [4.78, 5) is 10.5. The predicted octanol–water partition coefficient (Wildman–Crippen LogP) is 1.65. The molecule has 0 spiro atoms. The minimum atomic E-state index is -0.806. The molecule has 1 N–H and O–H groups in total. The van der Waals surface area contributed by atoms with Crippen molar-refractivity contribution in [2.45, 2.75) is 13.0 Å². The molecule has 0 aliphatic carbocycles. The molecule has 2 aromatic heterocycles. The molecule has 0 amide bonds. The molecule has 0 aliphatic heterocycles. The molecule has 6 heteroatoms. The van der Waals surface area contributed by atoms with Crippen molar-refractivity contribution in [1.82, 2.24) is 10.3 Å². The highest BCUT2D eigenvalue weighted by Gasteiger charge is 2.10. The number of hydrogen-bond acceptors (Lipinski definition) is 4. The third-order valence-electron chi connectivity index (χ3n) is 3.07. The molecule has 0 aliphatic rings. The number of rotatable bonds is 4. The van der Waals surface area contributed by atoms with Crippen LogP contribution in [0.4, 0.5) is 0 Å². The highest BCUT2D eigenvalue weighted by atomic mass is 16.6. The van der Waals surface area contributed by atoms with Crippen molar-refractivity contribution in [2.24, 2.45) is 0 Å². The summed E-state index contributed by atoms with van der Waals surface area (Å²) in [5.74, 6) is -0.806. The average molecular weight is 270 g/mol. The second-order valence-corrected chi connectivity index (χ2v) is 4.41. The van der Waals surface area contributed by atoms with Gasteiger partial charge in [-0.15, -0.1) is 0 Å². The van der Waals surface area contributed by atoms with Gasteiger partial charge >= 0.3 is 5.97 Å². The molecule has 20 heavy (non-hydrogen) atoms. The summed E-state index contributed by atoms with van der Waals surface area (Å²) in [5, 5.41) is 16.4. The van der Waals surface area contributed by atoms with E-state index in [1.54, 1.807) is 0 Å². The number of hydrogen-bond donors (Lipinski definition) is 1. The zero-order valence-corrected chi connectivity index (χ0v) is 10.6. The summed E-state index contributed by atoms with van der Waals surface area (Å²) in [6.45, 7) is 0.450. The Morgan fingerprint density at radius 3 is 2.75 bits per heavy atom. The number of benzene rings is 1. The zero-order valence-electron chi connectivity index (χ0n) is 10.6. The van der Waals surface area contributed by atoms with Gasteiger partial charge in [0, 0.05) is 17.7 Å². The normalized spacial score (nSPS) is 10.8. The topological polar surface area (TPSA) is 80.1 Å². The molecule has 1 aromatic carbocycles. The molecule has 3 aromatic rings. The van der Waals surface area contributed by atoms with Crippen LogP contribution in [0.1, 0.15) is 6.42 Å². The number of carboxylic acid groups (broad SMARTS) is 1. The number of aromatic nitrogens is 3. The second-order valence-electron chi connectivity index (χ2n) is 4.41. The SMILES string of the molecule is O=C(O)CC[n+]1ccc(-c2cccc3nonc23)cc1. The Bertz CT molecular complexity index is 750. The van der Waals surface area contributed by atoms with Crippen molar-refractivity contribution in [3.05, 3.63) is 42.7 Å². The van der Waals surface area contributed by atoms with Crippen molar-refractivity contribution >= 4 is 17.0 Å². The summed E-state index contributed by atoms with van der Waals surface area (Å²) < 4.78 is 6.58. The highest BCUT2D eigenvalue weighted by Crippen LogP contribution is 2.25. The fourth-order valence-corrected chi connectivity index (χ4v) is 2.05. The van der Waals surface area contributed by atoms with Crippen LogP contribution >= 0.6 is 0 Å². The Morgan fingerprint density at radius 1 is 1.20 bits per heavy atom. The minimum Gasteiger partial charge on any atom is -0.481 e. The van der Waals surface area contributed by atoms with E-state index in [-0.39, 0.29) is 6.42 Å².